The minimum atomic E-state index is -0.903. The molecule has 70 heavy (non-hydrogen) atoms. The zero-order valence-electron chi connectivity index (χ0n) is 46.2. The second-order valence-electron chi connectivity index (χ2n) is 21.1. The normalized spacial score (nSPS) is 15.3. The Balaban J connectivity index is 1.87. The molecule has 0 bridgehead atoms. The summed E-state index contributed by atoms with van der Waals surface area (Å²) >= 11 is 0. The quantitative estimate of drug-likeness (QED) is 0.0268. The fraction of sp³-hybridized carbons (Fsp3) is 0.828. The maximum Gasteiger partial charge on any atom is 0.513 e. The fourth-order valence-electron chi connectivity index (χ4n) is 9.30. The average Bonchev–Trinajstić information content (AvgIpc) is 3.33. The van der Waals surface area contributed by atoms with Gasteiger partial charge in [0, 0.05) is 24.9 Å². The molecule has 2 unspecified atom stereocenters. The number of ether oxygens (including phenoxy) is 7. The van der Waals surface area contributed by atoms with Crippen molar-refractivity contribution in [2.45, 2.75) is 242 Å². The molecule has 2 rings (SSSR count). The van der Waals surface area contributed by atoms with Gasteiger partial charge in [-0.2, -0.15) is 0 Å². The summed E-state index contributed by atoms with van der Waals surface area (Å²) < 4.78 is 39.9. The van der Waals surface area contributed by atoms with Crippen LogP contribution in [0.5, 0.6) is 11.5 Å². The number of unbranched alkanes of at least 4 members (excludes halogenated alkanes) is 13. The molecular formula is C58H101NO11. The highest BCUT2D eigenvalue weighted by atomic mass is 16.7. The minimum Gasteiger partial charge on any atom is -0.487 e. The van der Waals surface area contributed by atoms with Gasteiger partial charge in [0.2, 0.25) is 0 Å². The molecule has 0 aliphatic carbocycles. The van der Waals surface area contributed by atoms with Crippen molar-refractivity contribution in [3.05, 3.63) is 22.3 Å². The smallest absolute Gasteiger partial charge is 0.487 e. The molecule has 0 spiro atoms. The molecule has 1 heterocycles. The fourth-order valence-corrected chi connectivity index (χ4v) is 9.30. The third-order valence-corrected chi connectivity index (χ3v) is 14.2. The molecule has 12 nitrogen and oxygen atoms in total. The predicted molar refractivity (Wildman–Crippen MR) is 281 cm³/mol. The monoisotopic (exact) mass is 988 g/mol. The molecule has 0 saturated carbocycles. The standard InChI is InChI=1S/C58H101NO11/c1-11-14-15-16-17-18-22-28-40-64-52(60)34-25-23-26-35-53(61)66-42-50(43-67-56(62)65-41-30-39-59(12-2)13-3)44-68-57(63)69-54-47(7)48(8)55-51(49(54)9)36-38-58(10,70-55)37-27-21-19-20-24-32-46(6)33-29-31-45(4)5/h45-46,50H,11-44H2,1-10H3/t46-,50?,58?/m0/s1. The second-order valence-corrected chi connectivity index (χ2v) is 21.1. The summed E-state index contributed by atoms with van der Waals surface area (Å²) in [4.78, 5) is 53.0. The third kappa shape index (κ3) is 27.3. The first-order chi connectivity index (χ1) is 33.6. The third-order valence-electron chi connectivity index (χ3n) is 14.2. The zero-order chi connectivity index (χ0) is 51.6. The highest BCUT2D eigenvalue weighted by molar-refractivity contribution is 5.70. The van der Waals surface area contributed by atoms with Crippen LogP contribution >= 0.6 is 0 Å². The zero-order valence-corrected chi connectivity index (χ0v) is 46.2. The van der Waals surface area contributed by atoms with Crippen molar-refractivity contribution in [3.63, 3.8) is 0 Å². The molecular weight excluding hydrogens is 887 g/mol. The highest BCUT2D eigenvalue weighted by Gasteiger charge is 2.35. The van der Waals surface area contributed by atoms with Crippen LogP contribution in [0, 0.1) is 38.5 Å². The lowest BCUT2D eigenvalue weighted by Gasteiger charge is -2.38. The van der Waals surface area contributed by atoms with Gasteiger partial charge in [0.05, 0.1) is 19.1 Å². The lowest BCUT2D eigenvalue weighted by molar-refractivity contribution is -0.146. The van der Waals surface area contributed by atoms with Crippen LogP contribution in [0.15, 0.2) is 0 Å². The van der Waals surface area contributed by atoms with E-state index >= 15 is 0 Å². The molecule has 0 aromatic heterocycles. The Morgan fingerprint density at radius 3 is 1.80 bits per heavy atom. The van der Waals surface area contributed by atoms with Crippen LogP contribution in [0.1, 0.15) is 231 Å². The summed E-state index contributed by atoms with van der Waals surface area (Å²) in [6, 6.07) is 0. The van der Waals surface area contributed by atoms with E-state index in [1.807, 2.05) is 20.8 Å². The second kappa shape index (κ2) is 37.2. The Morgan fingerprint density at radius 2 is 1.14 bits per heavy atom. The van der Waals surface area contributed by atoms with Gasteiger partial charge in [-0.25, -0.2) is 9.59 Å². The Bertz CT molecular complexity index is 1610. The Labute approximate surface area is 426 Å². The maximum absolute atomic E-state index is 13.3. The maximum atomic E-state index is 13.3. The van der Waals surface area contributed by atoms with Crippen molar-refractivity contribution >= 4 is 24.2 Å². The van der Waals surface area contributed by atoms with Crippen LogP contribution in [0.25, 0.3) is 0 Å². The summed E-state index contributed by atoms with van der Waals surface area (Å²) in [5.41, 5.74) is 3.41. The van der Waals surface area contributed by atoms with Gasteiger partial charge < -0.3 is 38.1 Å². The molecule has 12 heteroatoms. The van der Waals surface area contributed by atoms with E-state index in [9.17, 15) is 19.2 Å². The van der Waals surface area contributed by atoms with Crippen LogP contribution in [0.4, 0.5) is 9.59 Å². The van der Waals surface area contributed by atoms with Crippen LogP contribution in [0.2, 0.25) is 0 Å². The van der Waals surface area contributed by atoms with Crippen LogP contribution in [0.3, 0.4) is 0 Å². The van der Waals surface area contributed by atoms with Gasteiger partial charge in [0.15, 0.2) is 0 Å². The number of fused-ring (bicyclic) bond motifs is 1. The van der Waals surface area contributed by atoms with Crippen LogP contribution in [-0.4, -0.2) is 87.4 Å². The molecule has 1 aromatic rings. The summed E-state index contributed by atoms with van der Waals surface area (Å²) in [5, 5.41) is 0. The Kier molecular flexibility index (Phi) is 33.3. The van der Waals surface area contributed by atoms with Crippen LogP contribution < -0.4 is 9.47 Å². The number of hydrogen-bond donors (Lipinski definition) is 0. The van der Waals surface area contributed by atoms with Gasteiger partial charge in [-0.1, -0.05) is 144 Å². The number of carbonyl (C=O) groups excluding carboxylic acids is 4. The highest BCUT2D eigenvalue weighted by Crippen LogP contribution is 2.45. The number of nitrogens with zero attached hydrogens (tertiary/aromatic N) is 1. The lowest BCUT2D eigenvalue weighted by Crippen LogP contribution is -2.37. The van der Waals surface area contributed by atoms with Crippen molar-refractivity contribution in [1.82, 2.24) is 4.90 Å². The number of rotatable bonds is 40. The summed E-state index contributed by atoms with van der Waals surface area (Å²) in [6.07, 6.45) is 25.1. The molecule has 3 atom stereocenters. The van der Waals surface area contributed by atoms with E-state index in [2.05, 4.69) is 53.4 Å². The molecule has 0 N–H and O–H groups in total. The number of hydrogen-bond acceptors (Lipinski definition) is 12. The Hall–Kier alpha value is -3.54. The molecule has 1 aliphatic rings. The predicted octanol–water partition coefficient (Wildman–Crippen LogP) is 15.1. The minimum absolute atomic E-state index is 0.142. The van der Waals surface area contributed by atoms with Gasteiger partial charge in [-0.05, 0) is 121 Å². The topological polar surface area (TPSA) is 136 Å². The first-order valence-electron chi connectivity index (χ1n) is 28.1. The largest absolute Gasteiger partial charge is 0.513 e. The van der Waals surface area contributed by atoms with Gasteiger partial charge in [-0.3, -0.25) is 9.59 Å². The molecule has 1 aromatic carbocycles. The van der Waals surface area contributed by atoms with Gasteiger partial charge in [0.1, 0.15) is 36.9 Å². The number of carbonyl (C=O) groups is 4. The molecule has 0 fully saturated rings. The van der Waals surface area contributed by atoms with Gasteiger partial charge >= 0.3 is 24.2 Å². The SMILES string of the molecule is CCCCCCCCCCOC(=O)CCCCCC(=O)OCC(COC(=O)OCCCN(CC)CC)COC(=O)Oc1c(C)c(C)c2c(c1C)CCC(C)(CCCCCCC[C@H](C)CCCC(C)C)O2. The first-order valence-corrected chi connectivity index (χ1v) is 28.1. The van der Waals surface area contributed by atoms with E-state index in [1.54, 1.807) is 0 Å². The van der Waals surface area contributed by atoms with Crippen molar-refractivity contribution in [1.29, 1.82) is 0 Å². The molecule has 0 saturated heterocycles. The van der Waals surface area contributed by atoms with E-state index < -0.39 is 24.2 Å². The molecule has 0 amide bonds. The number of benzene rings is 1. The van der Waals surface area contributed by atoms with Crippen molar-refractivity contribution < 1.29 is 52.3 Å². The van der Waals surface area contributed by atoms with Gasteiger partial charge in [0.25, 0.3) is 0 Å². The van der Waals surface area contributed by atoms with E-state index in [4.69, 9.17) is 33.2 Å². The Morgan fingerprint density at radius 1 is 0.586 bits per heavy atom. The van der Waals surface area contributed by atoms with Crippen LogP contribution in [-0.2, 0) is 39.7 Å². The van der Waals surface area contributed by atoms with E-state index in [0.29, 0.717) is 44.5 Å². The summed E-state index contributed by atoms with van der Waals surface area (Å²) in [6.45, 7) is 24.3. The first kappa shape index (κ1) is 62.6. The van der Waals surface area contributed by atoms with Gasteiger partial charge in [-0.15, -0.1) is 0 Å². The van der Waals surface area contributed by atoms with Crippen molar-refractivity contribution in [3.8, 4) is 11.5 Å². The van der Waals surface area contributed by atoms with E-state index in [1.165, 1.54) is 89.9 Å². The average molecular weight is 988 g/mol. The lowest BCUT2D eigenvalue weighted by atomic mass is 9.84. The van der Waals surface area contributed by atoms with E-state index in [-0.39, 0.29) is 44.4 Å². The summed E-state index contributed by atoms with van der Waals surface area (Å²) in [7, 11) is 0. The van der Waals surface area contributed by atoms with Crippen molar-refractivity contribution in [2.24, 2.45) is 17.8 Å². The molecule has 404 valence electrons. The van der Waals surface area contributed by atoms with Crippen molar-refractivity contribution in [2.75, 3.05) is 52.7 Å². The molecule has 1 aliphatic heterocycles. The molecule has 0 radical (unpaired) electrons. The summed E-state index contributed by atoms with van der Waals surface area (Å²) in [5.74, 6) is 1.67. The number of esters is 2. The van der Waals surface area contributed by atoms with E-state index in [0.717, 1.165) is 98.0 Å².